The van der Waals surface area contributed by atoms with Crippen molar-refractivity contribution in [1.82, 2.24) is 0 Å². The van der Waals surface area contributed by atoms with Crippen LogP contribution in [0.4, 0.5) is 23.2 Å². The van der Waals surface area contributed by atoms with E-state index in [-0.39, 0.29) is 13.2 Å². The van der Waals surface area contributed by atoms with E-state index in [1.807, 2.05) is 0 Å². The third-order valence-corrected chi connectivity index (χ3v) is 2.70. The van der Waals surface area contributed by atoms with E-state index in [2.05, 4.69) is 26.0 Å². The van der Waals surface area contributed by atoms with E-state index in [9.17, 15) is 17.6 Å². The van der Waals surface area contributed by atoms with Gasteiger partial charge >= 0.3 is 6.18 Å². The maximum Gasteiger partial charge on any atom is 0.411 e. The van der Waals surface area contributed by atoms with Gasteiger partial charge in [0, 0.05) is 12.2 Å². The van der Waals surface area contributed by atoms with E-state index in [0.717, 1.165) is 5.56 Å². The Balaban J connectivity index is 2.38. The minimum atomic E-state index is -4.32. The van der Waals surface area contributed by atoms with Crippen LogP contribution in [0.2, 0.25) is 0 Å². The molecule has 0 aliphatic rings. The van der Waals surface area contributed by atoms with Gasteiger partial charge in [-0.1, -0.05) is 0 Å². The van der Waals surface area contributed by atoms with Crippen molar-refractivity contribution < 1.29 is 22.3 Å². The van der Waals surface area contributed by atoms with Gasteiger partial charge in [-0.05, 0) is 40.5 Å². The van der Waals surface area contributed by atoms with E-state index in [1.54, 1.807) is 13.0 Å². The first-order chi connectivity index (χ1) is 8.29. The monoisotopic (exact) mass is 329 g/mol. The van der Waals surface area contributed by atoms with Crippen molar-refractivity contribution in [1.29, 1.82) is 0 Å². The number of rotatable bonds is 5. The number of hydrogen-bond acceptors (Lipinski definition) is 2. The summed E-state index contributed by atoms with van der Waals surface area (Å²) in [4.78, 5) is 0. The summed E-state index contributed by atoms with van der Waals surface area (Å²) in [6.45, 7) is 0.570. The lowest BCUT2D eigenvalue weighted by Gasteiger charge is -2.11. The summed E-state index contributed by atoms with van der Waals surface area (Å²) in [7, 11) is 0. The third kappa shape index (κ3) is 5.22. The van der Waals surface area contributed by atoms with Gasteiger partial charge < -0.3 is 10.1 Å². The summed E-state index contributed by atoms with van der Waals surface area (Å²) in [6.07, 6.45) is -4.32. The molecule has 0 atom stereocenters. The number of alkyl halides is 3. The highest BCUT2D eigenvalue weighted by molar-refractivity contribution is 9.10. The van der Waals surface area contributed by atoms with Gasteiger partial charge in [-0.25, -0.2) is 4.39 Å². The Labute approximate surface area is 110 Å². The molecule has 0 aromatic heterocycles. The van der Waals surface area contributed by atoms with Crippen molar-refractivity contribution in [3.63, 3.8) is 0 Å². The van der Waals surface area contributed by atoms with E-state index >= 15 is 0 Å². The molecule has 0 saturated carbocycles. The van der Waals surface area contributed by atoms with Gasteiger partial charge in [0.05, 0.1) is 11.1 Å². The van der Waals surface area contributed by atoms with Crippen molar-refractivity contribution >= 4 is 21.6 Å². The summed E-state index contributed by atoms with van der Waals surface area (Å²) in [6, 6.07) is 2.87. The Hall–Kier alpha value is -0.820. The molecular weight excluding hydrogens is 318 g/mol. The molecule has 0 aliphatic carbocycles. The summed E-state index contributed by atoms with van der Waals surface area (Å²) in [5.41, 5.74) is 1.32. The SMILES string of the molecule is Cc1cc(Br)c(F)cc1NCCOCC(F)(F)F. The Morgan fingerprint density at radius 3 is 2.61 bits per heavy atom. The van der Waals surface area contributed by atoms with Gasteiger partial charge in [0.25, 0.3) is 0 Å². The van der Waals surface area contributed by atoms with Gasteiger partial charge in [-0.3, -0.25) is 0 Å². The normalized spacial score (nSPS) is 11.7. The fourth-order valence-electron chi connectivity index (χ4n) is 1.28. The number of aryl methyl sites for hydroxylation is 1. The smallest absolute Gasteiger partial charge is 0.382 e. The molecule has 0 bridgehead atoms. The van der Waals surface area contributed by atoms with Crippen LogP contribution in [0.5, 0.6) is 0 Å². The molecule has 0 amide bonds. The molecule has 7 heteroatoms. The lowest BCUT2D eigenvalue weighted by molar-refractivity contribution is -0.172. The number of ether oxygens (including phenoxy) is 1. The van der Waals surface area contributed by atoms with E-state index < -0.39 is 18.6 Å². The Bertz CT molecular complexity index is 409. The zero-order valence-corrected chi connectivity index (χ0v) is 11.2. The molecule has 102 valence electrons. The first-order valence-corrected chi connectivity index (χ1v) is 5.93. The average Bonchev–Trinajstić information content (AvgIpc) is 2.23. The van der Waals surface area contributed by atoms with Crippen LogP contribution in [0.15, 0.2) is 16.6 Å². The molecule has 0 radical (unpaired) electrons. The lowest BCUT2D eigenvalue weighted by atomic mass is 10.2. The van der Waals surface area contributed by atoms with Gasteiger partial charge in [0.15, 0.2) is 0 Å². The van der Waals surface area contributed by atoms with Crippen LogP contribution < -0.4 is 5.32 Å². The van der Waals surface area contributed by atoms with Crippen LogP contribution in [0.25, 0.3) is 0 Å². The maximum atomic E-state index is 13.2. The quantitative estimate of drug-likeness (QED) is 0.653. The summed E-state index contributed by atoms with van der Waals surface area (Å²) >= 11 is 3.04. The van der Waals surface area contributed by atoms with Crippen molar-refractivity contribution in [2.75, 3.05) is 25.1 Å². The highest BCUT2D eigenvalue weighted by Crippen LogP contribution is 2.23. The fraction of sp³-hybridized carbons (Fsp3) is 0.455. The van der Waals surface area contributed by atoms with Gasteiger partial charge in [-0.15, -0.1) is 0 Å². The standard InChI is InChI=1S/C11H12BrF4NO/c1-7-4-8(12)9(13)5-10(7)17-2-3-18-6-11(14,15)16/h4-5,17H,2-3,6H2,1H3. The average molecular weight is 330 g/mol. The molecule has 0 fully saturated rings. The maximum absolute atomic E-state index is 13.2. The number of nitrogens with one attached hydrogen (secondary N) is 1. The van der Waals surface area contributed by atoms with Crippen molar-refractivity contribution in [3.8, 4) is 0 Å². The Kier molecular flexibility index (Phi) is 5.40. The van der Waals surface area contributed by atoms with Crippen LogP contribution in [-0.2, 0) is 4.74 Å². The molecule has 1 aromatic carbocycles. The van der Waals surface area contributed by atoms with Crippen LogP contribution in [0, 0.1) is 12.7 Å². The summed E-state index contributed by atoms with van der Waals surface area (Å²) < 4.78 is 53.3. The highest BCUT2D eigenvalue weighted by atomic mass is 79.9. The van der Waals surface area contributed by atoms with E-state index in [1.165, 1.54) is 6.07 Å². The molecule has 1 N–H and O–H groups in total. The molecule has 0 unspecified atom stereocenters. The second kappa shape index (κ2) is 6.38. The minimum Gasteiger partial charge on any atom is -0.382 e. The molecular formula is C11H12BrF4NO. The Morgan fingerprint density at radius 2 is 2.00 bits per heavy atom. The zero-order chi connectivity index (χ0) is 13.8. The van der Waals surface area contributed by atoms with Crippen molar-refractivity contribution in [2.24, 2.45) is 0 Å². The molecule has 0 heterocycles. The van der Waals surface area contributed by atoms with Crippen molar-refractivity contribution in [2.45, 2.75) is 13.1 Å². The topological polar surface area (TPSA) is 21.3 Å². The molecule has 2 nitrogen and oxygen atoms in total. The van der Waals surface area contributed by atoms with E-state index in [4.69, 9.17) is 0 Å². The largest absolute Gasteiger partial charge is 0.411 e. The summed E-state index contributed by atoms with van der Waals surface area (Å²) in [5, 5.41) is 2.81. The summed E-state index contributed by atoms with van der Waals surface area (Å²) in [5.74, 6) is -0.431. The lowest BCUT2D eigenvalue weighted by Crippen LogP contribution is -2.20. The van der Waals surface area contributed by atoms with Crippen LogP contribution in [-0.4, -0.2) is 25.9 Å². The van der Waals surface area contributed by atoms with Crippen LogP contribution in [0.3, 0.4) is 0 Å². The third-order valence-electron chi connectivity index (χ3n) is 2.09. The second-order valence-corrected chi connectivity index (χ2v) is 4.53. The highest BCUT2D eigenvalue weighted by Gasteiger charge is 2.27. The minimum absolute atomic E-state index is 0.101. The van der Waals surface area contributed by atoms with Gasteiger partial charge in [0.1, 0.15) is 12.4 Å². The number of halogens is 5. The molecule has 0 spiro atoms. The molecule has 0 aliphatic heterocycles. The molecule has 1 rings (SSSR count). The first-order valence-electron chi connectivity index (χ1n) is 5.13. The van der Waals surface area contributed by atoms with E-state index in [0.29, 0.717) is 10.2 Å². The molecule has 0 saturated heterocycles. The first kappa shape index (κ1) is 15.2. The fourth-order valence-corrected chi connectivity index (χ4v) is 1.74. The van der Waals surface area contributed by atoms with Crippen LogP contribution in [0.1, 0.15) is 5.56 Å². The Morgan fingerprint density at radius 1 is 1.33 bits per heavy atom. The van der Waals surface area contributed by atoms with Gasteiger partial charge in [0.2, 0.25) is 0 Å². The molecule has 1 aromatic rings. The second-order valence-electron chi connectivity index (χ2n) is 3.68. The number of anilines is 1. The number of benzene rings is 1. The van der Waals surface area contributed by atoms with Crippen molar-refractivity contribution in [3.05, 3.63) is 28.0 Å². The van der Waals surface area contributed by atoms with Crippen LogP contribution >= 0.6 is 15.9 Å². The number of hydrogen-bond donors (Lipinski definition) is 1. The predicted molar refractivity (Wildman–Crippen MR) is 64.2 cm³/mol. The molecule has 18 heavy (non-hydrogen) atoms. The predicted octanol–water partition coefficient (Wildman–Crippen LogP) is 3.89. The zero-order valence-electron chi connectivity index (χ0n) is 9.57. The van der Waals surface area contributed by atoms with Gasteiger partial charge in [-0.2, -0.15) is 13.2 Å².